The van der Waals surface area contributed by atoms with Crippen molar-refractivity contribution < 1.29 is 14.3 Å². The van der Waals surface area contributed by atoms with E-state index in [1.54, 1.807) is 24.0 Å². The Balaban J connectivity index is 0.000000212. The maximum atomic E-state index is 11.8. The van der Waals surface area contributed by atoms with Gasteiger partial charge in [0, 0.05) is 24.5 Å². The molecule has 35 heavy (non-hydrogen) atoms. The number of rotatable bonds is 6. The van der Waals surface area contributed by atoms with Crippen LogP contribution in [-0.2, 0) is 16.1 Å². The van der Waals surface area contributed by atoms with Crippen LogP contribution in [0.25, 0.3) is 0 Å². The van der Waals surface area contributed by atoms with Crippen molar-refractivity contribution in [2.24, 2.45) is 0 Å². The first kappa shape index (κ1) is 28.0. The third-order valence-corrected chi connectivity index (χ3v) is 5.90. The molecule has 1 aliphatic rings. The molecule has 0 radical (unpaired) electrons. The molecular weight excluding hydrogens is 458 g/mol. The van der Waals surface area contributed by atoms with Crippen LogP contribution in [0.1, 0.15) is 16.7 Å². The number of carbonyl (C=O) groups is 2. The van der Waals surface area contributed by atoms with Crippen molar-refractivity contribution in [3.63, 3.8) is 0 Å². The van der Waals surface area contributed by atoms with Gasteiger partial charge >= 0.3 is 0 Å². The zero-order valence-corrected chi connectivity index (χ0v) is 21.8. The second-order valence-electron chi connectivity index (χ2n) is 8.02. The van der Waals surface area contributed by atoms with Gasteiger partial charge < -0.3 is 14.5 Å². The number of amides is 2. The molecular formula is C28H35N3O3S. The van der Waals surface area contributed by atoms with E-state index in [2.05, 4.69) is 55.0 Å². The highest BCUT2D eigenvalue weighted by molar-refractivity contribution is 7.97. The van der Waals surface area contributed by atoms with E-state index in [4.69, 9.17) is 4.74 Å². The number of hydrogen-bond donors (Lipinski definition) is 1. The smallest absolute Gasteiger partial charge is 0.242 e. The molecule has 1 saturated heterocycles. The molecule has 6 nitrogen and oxygen atoms in total. The lowest BCUT2D eigenvalue weighted by atomic mass is 10.2. The molecule has 3 aromatic rings. The van der Waals surface area contributed by atoms with Crippen molar-refractivity contribution in [2.45, 2.75) is 25.3 Å². The average Bonchev–Trinajstić information content (AvgIpc) is 2.88. The van der Waals surface area contributed by atoms with Gasteiger partial charge in [0.05, 0.1) is 13.7 Å². The molecule has 0 aromatic heterocycles. The first-order valence-corrected chi connectivity index (χ1v) is 12.3. The molecule has 0 saturated carbocycles. The van der Waals surface area contributed by atoms with E-state index in [9.17, 15) is 9.59 Å². The first-order chi connectivity index (χ1) is 16.9. The summed E-state index contributed by atoms with van der Waals surface area (Å²) in [5, 5.41) is 0. The van der Waals surface area contributed by atoms with E-state index in [0.717, 1.165) is 17.7 Å². The van der Waals surface area contributed by atoms with Crippen LogP contribution in [0.3, 0.4) is 0 Å². The molecule has 0 bridgehead atoms. The number of hydrogen-bond acceptors (Lipinski definition) is 5. The normalized spacial score (nSPS) is 12.6. The third kappa shape index (κ3) is 10.7. The number of ether oxygens (including phenoxy) is 1. The van der Waals surface area contributed by atoms with Crippen molar-refractivity contribution >= 4 is 24.3 Å². The summed E-state index contributed by atoms with van der Waals surface area (Å²) in [6, 6.07) is 26.3. The number of carbonyl (C=O) groups excluding carboxylic acids is 2. The SMILES string of the molecule is CNSc1ccc(C)cc1.COc1cccc(CN2CCN(C=O)CC2=O)c1.Cc1ccccc1. The maximum Gasteiger partial charge on any atom is 0.242 e. The topological polar surface area (TPSA) is 61.9 Å². The van der Waals surface area contributed by atoms with Crippen molar-refractivity contribution in [2.75, 3.05) is 33.8 Å². The number of aryl methyl sites for hydroxylation is 2. The molecule has 0 aliphatic carbocycles. The summed E-state index contributed by atoms with van der Waals surface area (Å²) in [5.74, 6) is 0.766. The third-order valence-electron chi connectivity index (χ3n) is 5.19. The molecule has 1 fully saturated rings. The highest BCUT2D eigenvalue weighted by Gasteiger charge is 2.22. The van der Waals surface area contributed by atoms with Crippen LogP contribution < -0.4 is 9.46 Å². The molecule has 0 atom stereocenters. The minimum atomic E-state index is -0.0174. The Kier molecular flexibility index (Phi) is 12.4. The molecule has 186 valence electrons. The van der Waals surface area contributed by atoms with E-state index in [0.29, 0.717) is 19.6 Å². The Morgan fingerprint density at radius 2 is 1.63 bits per heavy atom. The van der Waals surface area contributed by atoms with Gasteiger partial charge in [-0.2, -0.15) is 0 Å². The Labute approximate surface area is 213 Å². The standard InChI is InChI=1S/C13H16N2O3.C8H11NS.C7H8/c1-18-12-4-2-3-11(7-12)8-15-6-5-14(10-16)9-13(15)17;1-7-3-5-8(6-4-7)10-9-2;1-7-5-3-2-4-6-7/h2-4,7,10H,5-6,8-9H2,1H3;3-6,9H,1-2H3;2-6H,1H3. The Hall–Kier alpha value is -3.29. The molecule has 1 aliphatic heterocycles. The number of benzene rings is 3. The van der Waals surface area contributed by atoms with E-state index >= 15 is 0 Å². The van der Waals surface area contributed by atoms with Gasteiger partial charge in [-0.3, -0.25) is 14.3 Å². The lowest BCUT2D eigenvalue weighted by molar-refractivity contribution is -0.140. The zero-order valence-electron chi connectivity index (χ0n) is 20.9. The highest BCUT2D eigenvalue weighted by Crippen LogP contribution is 2.16. The highest BCUT2D eigenvalue weighted by atomic mass is 32.2. The monoisotopic (exact) mass is 493 g/mol. The summed E-state index contributed by atoms with van der Waals surface area (Å²) in [6.07, 6.45) is 0.723. The fourth-order valence-electron chi connectivity index (χ4n) is 3.23. The van der Waals surface area contributed by atoms with Crippen LogP contribution >= 0.6 is 11.9 Å². The Morgan fingerprint density at radius 1 is 0.943 bits per heavy atom. The summed E-state index contributed by atoms with van der Waals surface area (Å²) in [4.78, 5) is 26.9. The van der Waals surface area contributed by atoms with Crippen LogP contribution in [0.4, 0.5) is 0 Å². The van der Waals surface area contributed by atoms with Crippen LogP contribution in [-0.4, -0.2) is 55.9 Å². The summed E-state index contributed by atoms with van der Waals surface area (Å²) in [5.41, 5.74) is 3.66. The Bertz CT molecular complexity index is 1030. The maximum absolute atomic E-state index is 11.8. The van der Waals surface area contributed by atoms with Crippen molar-refractivity contribution in [1.82, 2.24) is 14.5 Å². The minimum absolute atomic E-state index is 0.0174. The zero-order chi connectivity index (χ0) is 25.5. The van der Waals surface area contributed by atoms with Gasteiger partial charge in [0.15, 0.2) is 0 Å². The minimum Gasteiger partial charge on any atom is -0.497 e. The first-order valence-electron chi connectivity index (χ1n) is 11.5. The lowest BCUT2D eigenvalue weighted by Crippen LogP contribution is -2.49. The van der Waals surface area contributed by atoms with Crippen molar-refractivity contribution in [1.29, 1.82) is 0 Å². The number of piperazine rings is 1. The van der Waals surface area contributed by atoms with Gasteiger partial charge in [-0.05, 0) is 62.7 Å². The predicted octanol–water partition coefficient (Wildman–Crippen LogP) is 4.71. The molecule has 0 unspecified atom stereocenters. The van der Waals surface area contributed by atoms with Crippen LogP contribution in [0, 0.1) is 13.8 Å². The van der Waals surface area contributed by atoms with Gasteiger partial charge in [0.2, 0.25) is 12.3 Å². The summed E-state index contributed by atoms with van der Waals surface area (Å²) in [7, 11) is 3.54. The average molecular weight is 494 g/mol. The van der Waals surface area contributed by atoms with Gasteiger partial charge in [-0.15, -0.1) is 0 Å². The lowest BCUT2D eigenvalue weighted by Gasteiger charge is -2.32. The van der Waals surface area contributed by atoms with Crippen molar-refractivity contribution in [3.05, 3.63) is 95.6 Å². The summed E-state index contributed by atoms with van der Waals surface area (Å²) in [6.45, 7) is 6.08. The van der Waals surface area contributed by atoms with Crippen molar-refractivity contribution in [3.8, 4) is 5.75 Å². The molecule has 4 rings (SSSR count). The van der Waals surface area contributed by atoms with Gasteiger partial charge in [0.25, 0.3) is 0 Å². The second kappa shape index (κ2) is 15.6. The predicted molar refractivity (Wildman–Crippen MR) is 143 cm³/mol. The summed E-state index contributed by atoms with van der Waals surface area (Å²) >= 11 is 1.63. The molecule has 1 N–H and O–H groups in total. The fraction of sp³-hybridized carbons (Fsp3) is 0.286. The molecule has 7 heteroatoms. The van der Waals surface area contributed by atoms with Crippen LogP contribution in [0.2, 0.25) is 0 Å². The quantitative estimate of drug-likeness (QED) is 0.398. The number of nitrogens with one attached hydrogen (secondary N) is 1. The van der Waals surface area contributed by atoms with E-state index in [1.807, 2.05) is 49.5 Å². The fourth-order valence-corrected chi connectivity index (χ4v) is 3.74. The van der Waals surface area contributed by atoms with Crippen LogP contribution in [0.15, 0.2) is 83.8 Å². The molecule has 3 aromatic carbocycles. The van der Waals surface area contributed by atoms with E-state index in [1.165, 1.54) is 20.9 Å². The summed E-state index contributed by atoms with van der Waals surface area (Å²) < 4.78 is 8.17. The number of methoxy groups -OCH3 is 1. The van der Waals surface area contributed by atoms with Gasteiger partial charge in [0.1, 0.15) is 5.75 Å². The second-order valence-corrected chi connectivity index (χ2v) is 9.10. The molecule has 1 heterocycles. The van der Waals surface area contributed by atoms with Crippen LogP contribution in [0.5, 0.6) is 5.75 Å². The van der Waals surface area contributed by atoms with Gasteiger partial charge in [-0.25, -0.2) is 0 Å². The largest absolute Gasteiger partial charge is 0.497 e. The Morgan fingerprint density at radius 3 is 2.17 bits per heavy atom. The number of nitrogens with zero attached hydrogens (tertiary/aromatic N) is 2. The molecule has 0 spiro atoms. The van der Waals surface area contributed by atoms with E-state index in [-0.39, 0.29) is 12.5 Å². The van der Waals surface area contributed by atoms with E-state index < -0.39 is 0 Å². The van der Waals surface area contributed by atoms with Gasteiger partial charge in [-0.1, -0.05) is 65.7 Å². The molecule has 2 amide bonds.